The molecule has 0 aliphatic heterocycles. The minimum atomic E-state index is -0.378. The van der Waals surface area contributed by atoms with E-state index in [9.17, 15) is 5.11 Å². The van der Waals surface area contributed by atoms with Crippen LogP contribution in [0.4, 0.5) is 0 Å². The predicted molar refractivity (Wildman–Crippen MR) is 58.3 cm³/mol. The Kier molecular flexibility index (Phi) is 4.39. The minimum absolute atomic E-state index is 0.303. The summed E-state index contributed by atoms with van der Waals surface area (Å²) in [6.45, 7) is 6.65. The number of hydrogen-bond acceptors (Lipinski definition) is 2. The van der Waals surface area contributed by atoms with Gasteiger partial charge in [-0.3, -0.25) is 0 Å². The number of rotatable bonds is 4. The molecule has 1 N–H and O–H groups in total. The van der Waals surface area contributed by atoms with Crippen LogP contribution in [0.5, 0.6) is 0 Å². The molecular weight excluding hydrogens is 176 g/mol. The third-order valence-corrected chi connectivity index (χ3v) is 3.32. The highest BCUT2D eigenvalue weighted by Crippen LogP contribution is 2.32. The van der Waals surface area contributed by atoms with Crippen molar-refractivity contribution in [3.8, 4) is 0 Å². The minimum Gasteiger partial charge on any atom is -0.390 e. The van der Waals surface area contributed by atoms with Crippen molar-refractivity contribution in [3.05, 3.63) is 0 Å². The van der Waals surface area contributed by atoms with E-state index in [4.69, 9.17) is 4.74 Å². The van der Waals surface area contributed by atoms with Crippen molar-refractivity contribution in [1.29, 1.82) is 0 Å². The van der Waals surface area contributed by atoms with Gasteiger partial charge in [0, 0.05) is 6.61 Å². The van der Waals surface area contributed by atoms with Crippen LogP contribution in [-0.2, 0) is 4.74 Å². The largest absolute Gasteiger partial charge is 0.390 e. The highest BCUT2D eigenvalue weighted by Gasteiger charge is 2.35. The van der Waals surface area contributed by atoms with Crippen LogP contribution < -0.4 is 0 Å². The molecule has 0 heterocycles. The summed E-state index contributed by atoms with van der Waals surface area (Å²) in [4.78, 5) is 0. The third kappa shape index (κ3) is 2.96. The lowest BCUT2D eigenvalue weighted by molar-refractivity contribution is -0.122. The Balaban J connectivity index is 2.48. The lowest BCUT2D eigenvalue weighted by atomic mass is 9.79. The maximum Gasteiger partial charge on any atom is 0.0886 e. The number of ether oxygens (including phenoxy) is 1. The lowest BCUT2D eigenvalue weighted by Gasteiger charge is -2.37. The van der Waals surface area contributed by atoms with E-state index in [1.165, 1.54) is 19.3 Å². The zero-order valence-corrected chi connectivity index (χ0v) is 9.75. The molecule has 0 aromatic carbocycles. The molecule has 1 aliphatic carbocycles. The highest BCUT2D eigenvalue weighted by atomic mass is 16.5. The number of aliphatic hydroxyl groups is 1. The second-order valence-electron chi connectivity index (χ2n) is 4.88. The van der Waals surface area contributed by atoms with Crippen molar-refractivity contribution in [3.63, 3.8) is 0 Å². The van der Waals surface area contributed by atoms with Gasteiger partial charge in [-0.2, -0.15) is 0 Å². The van der Waals surface area contributed by atoms with Crippen LogP contribution >= 0.6 is 0 Å². The molecule has 0 bridgehead atoms. The van der Waals surface area contributed by atoms with Gasteiger partial charge in [-0.1, -0.05) is 19.3 Å². The average Bonchev–Trinajstić information content (AvgIpc) is 2.18. The zero-order valence-electron chi connectivity index (χ0n) is 9.75. The van der Waals surface area contributed by atoms with Gasteiger partial charge in [0.2, 0.25) is 0 Å². The molecular formula is C12H24O2. The fraction of sp³-hybridized carbons (Fsp3) is 1.00. The molecule has 2 heteroatoms. The van der Waals surface area contributed by atoms with Crippen LogP contribution in [0.15, 0.2) is 0 Å². The summed E-state index contributed by atoms with van der Waals surface area (Å²) in [5.41, 5.74) is -0.378. The van der Waals surface area contributed by atoms with Crippen molar-refractivity contribution >= 4 is 0 Å². The van der Waals surface area contributed by atoms with Gasteiger partial charge in [0.15, 0.2) is 0 Å². The summed E-state index contributed by atoms with van der Waals surface area (Å²) >= 11 is 0. The Labute approximate surface area is 87.7 Å². The highest BCUT2D eigenvalue weighted by molar-refractivity contribution is 4.86. The predicted octanol–water partition coefficient (Wildman–Crippen LogP) is 2.74. The van der Waals surface area contributed by atoms with Gasteiger partial charge in [0.1, 0.15) is 0 Å². The van der Waals surface area contributed by atoms with E-state index in [1.54, 1.807) is 0 Å². The summed E-state index contributed by atoms with van der Waals surface area (Å²) in [5, 5.41) is 10.2. The molecule has 1 unspecified atom stereocenters. The molecule has 0 spiro atoms. The number of hydrogen-bond donors (Lipinski definition) is 1. The van der Waals surface area contributed by atoms with E-state index in [2.05, 4.69) is 0 Å². The van der Waals surface area contributed by atoms with Crippen molar-refractivity contribution in [2.24, 2.45) is 5.92 Å². The Hall–Kier alpha value is -0.0800. The van der Waals surface area contributed by atoms with E-state index in [0.29, 0.717) is 12.5 Å². The fourth-order valence-electron chi connectivity index (χ4n) is 2.47. The van der Waals surface area contributed by atoms with E-state index < -0.39 is 0 Å². The van der Waals surface area contributed by atoms with Crippen LogP contribution in [0.2, 0.25) is 0 Å². The first-order chi connectivity index (χ1) is 6.58. The normalized spacial score (nSPS) is 22.3. The maximum absolute atomic E-state index is 10.2. The quantitative estimate of drug-likeness (QED) is 0.756. The maximum atomic E-state index is 10.2. The lowest BCUT2D eigenvalue weighted by Crippen LogP contribution is -2.44. The standard InChI is InChI=1S/C12H24O2/c1-4-14-12(2,3)11(13)10-8-6-5-7-9-10/h10-11,13H,4-9H2,1-3H3. The zero-order chi connectivity index (χ0) is 10.6. The molecule has 0 amide bonds. The van der Waals surface area contributed by atoms with E-state index in [0.717, 1.165) is 12.8 Å². The molecule has 1 saturated carbocycles. The Morgan fingerprint density at radius 1 is 1.29 bits per heavy atom. The Morgan fingerprint density at radius 2 is 1.86 bits per heavy atom. The van der Waals surface area contributed by atoms with Crippen molar-refractivity contribution in [2.45, 2.75) is 64.6 Å². The van der Waals surface area contributed by atoms with Gasteiger partial charge < -0.3 is 9.84 Å². The van der Waals surface area contributed by atoms with Crippen molar-refractivity contribution in [2.75, 3.05) is 6.61 Å². The summed E-state index contributed by atoms with van der Waals surface area (Å²) in [7, 11) is 0. The average molecular weight is 200 g/mol. The Bertz CT molecular complexity index is 160. The molecule has 0 saturated heterocycles. The molecule has 1 atom stereocenters. The molecule has 1 aliphatic rings. The molecule has 84 valence electrons. The van der Waals surface area contributed by atoms with Crippen molar-refractivity contribution < 1.29 is 9.84 Å². The first kappa shape index (κ1) is 12.0. The monoisotopic (exact) mass is 200 g/mol. The van der Waals surface area contributed by atoms with Gasteiger partial charge >= 0.3 is 0 Å². The third-order valence-electron chi connectivity index (χ3n) is 3.32. The first-order valence-corrected chi connectivity index (χ1v) is 5.90. The van der Waals surface area contributed by atoms with E-state index in [1.807, 2.05) is 20.8 Å². The van der Waals surface area contributed by atoms with Gasteiger partial charge in [0.05, 0.1) is 11.7 Å². The number of aliphatic hydroxyl groups excluding tert-OH is 1. The molecule has 0 aromatic rings. The van der Waals surface area contributed by atoms with Crippen LogP contribution in [-0.4, -0.2) is 23.4 Å². The van der Waals surface area contributed by atoms with Crippen LogP contribution in [0, 0.1) is 5.92 Å². The van der Waals surface area contributed by atoms with Gasteiger partial charge in [-0.15, -0.1) is 0 Å². The molecule has 1 rings (SSSR count). The summed E-state index contributed by atoms with van der Waals surface area (Å²) in [5.74, 6) is 0.449. The van der Waals surface area contributed by atoms with Crippen molar-refractivity contribution in [1.82, 2.24) is 0 Å². The molecule has 0 radical (unpaired) electrons. The molecule has 14 heavy (non-hydrogen) atoms. The van der Waals surface area contributed by atoms with Crippen LogP contribution in [0.25, 0.3) is 0 Å². The Morgan fingerprint density at radius 3 is 2.36 bits per heavy atom. The smallest absolute Gasteiger partial charge is 0.0886 e. The molecule has 1 fully saturated rings. The van der Waals surface area contributed by atoms with Crippen LogP contribution in [0.1, 0.15) is 52.9 Å². The molecule has 2 nitrogen and oxygen atoms in total. The second-order valence-corrected chi connectivity index (χ2v) is 4.88. The van der Waals surface area contributed by atoms with Gasteiger partial charge in [-0.25, -0.2) is 0 Å². The fourth-order valence-corrected chi connectivity index (χ4v) is 2.47. The SMILES string of the molecule is CCOC(C)(C)C(O)C1CCCCC1. The summed E-state index contributed by atoms with van der Waals surface area (Å²) in [6.07, 6.45) is 5.89. The first-order valence-electron chi connectivity index (χ1n) is 5.90. The van der Waals surface area contributed by atoms with E-state index in [-0.39, 0.29) is 11.7 Å². The van der Waals surface area contributed by atoms with Gasteiger partial charge in [0.25, 0.3) is 0 Å². The second kappa shape index (κ2) is 5.13. The van der Waals surface area contributed by atoms with Crippen LogP contribution in [0.3, 0.4) is 0 Å². The van der Waals surface area contributed by atoms with Gasteiger partial charge in [-0.05, 0) is 39.5 Å². The van der Waals surface area contributed by atoms with E-state index >= 15 is 0 Å². The summed E-state index contributed by atoms with van der Waals surface area (Å²) < 4.78 is 5.59. The molecule has 0 aromatic heterocycles. The summed E-state index contributed by atoms with van der Waals surface area (Å²) in [6, 6.07) is 0. The topological polar surface area (TPSA) is 29.5 Å².